The first-order valence-electron chi connectivity index (χ1n) is 9.26. The van der Waals surface area contributed by atoms with E-state index in [4.69, 9.17) is 0 Å². The van der Waals surface area contributed by atoms with Crippen molar-refractivity contribution in [2.75, 3.05) is 42.9 Å². The zero-order chi connectivity index (χ0) is 17.5. The van der Waals surface area contributed by atoms with Gasteiger partial charge in [-0.05, 0) is 44.2 Å². The average Bonchev–Trinajstić information content (AvgIpc) is 3.05. The Bertz CT molecular complexity index is 584. The summed E-state index contributed by atoms with van der Waals surface area (Å²) in [6.07, 6.45) is 7.81. The van der Waals surface area contributed by atoms with Crippen LogP contribution in [0.5, 0.6) is 0 Å². The Hall–Kier alpha value is -2.31. The van der Waals surface area contributed by atoms with Gasteiger partial charge < -0.3 is 20.4 Å². The van der Waals surface area contributed by atoms with Crippen LogP contribution >= 0.6 is 0 Å². The molecule has 7 heteroatoms. The molecular weight excluding hydrogens is 318 g/mol. The minimum Gasteiger partial charge on any atom is -0.357 e. The molecule has 1 aromatic heterocycles. The van der Waals surface area contributed by atoms with Crippen molar-refractivity contribution in [2.24, 2.45) is 0 Å². The van der Waals surface area contributed by atoms with Gasteiger partial charge in [0.25, 0.3) is 0 Å². The summed E-state index contributed by atoms with van der Waals surface area (Å²) in [5.74, 6) is 1.20. The molecule has 0 aliphatic carbocycles. The lowest BCUT2D eigenvalue weighted by atomic mass is 10.1. The fourth-order valence-electron chi connectivity index (χ4n) is 3.36. The van der Waals surface area contributed by atoms with Gasteiger partial charge in [-0.15, -0.1) is 0 Å². The second kappa shape index (κ2) is 8.69. The van der Waals surface area contributed by atoms with E-state index in [9.17, 15) is 9.59 Å². The lowest BCUT2D eigenvalue weighted by Gasteiger charge is -2.27. The Kier molecular flexibility index (Phi) is 6.09. The number of pyridine rings is 1. The molecular formula is C18H27N5O2. The number of amides is 3. The molecule has 25 heavy (non-hydrogen) atoms. The minimum atomic E-state index is -0.236. The number of carbonyl (C=O) groups is 2. The maximum Gasteiger partial charge on any atom is 0.319 e. The largest absolute Gasteiger partial charge is 0.357 e. The quantitative estimate of drug-likeness (QED) is 0.775. The Labute approximate surface area is 148 Å². The van der Waals surface area contributed by atoms with Crippen molar-refractivity contribution in [3.63, 3.8) is 0 Å². The number of aromatic nitrogens is 1. The van der Waals surface area contributed by atoms with Gasteiger partial charge in [0, 0.05) is 39.1 Å². The van der Waals surface area contributed by atoms with E-state index in [1.54, 1.807) is 6.20 Å². The standard InChI is InChI=1S/C18H27N5O2/c24-17-6-4-12-23(17)13-5-9-19-18(25)21-15-7-8-16(20-14-15)22-10-2-1-3-11-22/h7-8,14H,1-6,9-13H2,(H2,19,21,25). The smallest absolute Gasteiger partial charge is 0.319 e. The van der Waals surface area contributed by atoms with Crippen molar-refractivity contribution in [3.8, 4) is 0 Å². The molecule has 2 N–H and O–H groups in total. The van der Waals surface area contributed by atoms with Crippen LogP contribution in [0.3, 0.4) is 0 Å². The summed E-state index contributed by atoms with van der Waals surface area (Å²) in [4.78, 5) is 32.0. The first kappa shape index (κ1) is 17.5. The predicted octanol–water partition coefficient (Wildman–Crippen LogP) is 2.21. The van der Waals surface area contributed by atoms with Gasteiger partial charge in [-0.1, -0.05) is 0 Å². The first-order chi connectivity index (χ1) is 12.2. The van der Waals surface area contributed by atoms with Crippen LogP contribution in [0.15, 0.2) is 18.3 Å². The van der Waals surface area contributed by atoms with Crippen molar-refractivity contribution in [1.29, 1.82) is 0 Å². The van der Waals surface area contributed by atoms with Crippen LogP contribution in [0.25, 0.3) is 0 Å². The normalized spacial score (nSPS) is 17.7. The molecule has 2 aliphatic heterocycles. The molecule has 0 bridgehead atoms. The van der Waals surface area contributed by atoms with E-state index in [1.807, 2.05) is 17.0 Å². The molecule has 0 atom stereocenters. The fourth-order valence-corrected chi connectivity index (χ4v) is 3.36. The van der Waals surface area contributed by atoms with Crippen LogP contribution < -0.4 is 15.5 Å². The molecule has 0 radical (unpaired) electrons. The van der Waals surface area contributed by atoms with E-state index in [0.717, 1.165) is 38.3 Å². The fraction of sp³-hybridized carbons (Fsp3) is 0.611. The molecule has 7 nitrogen and oxygen atoms in total. The summed E-state index contributed by atoms with van der Waals surface area (Å²) >= 11 is 0. The van der Waals surface area contributed by atoms with E-state index in [2.05, 4.69) is 20.5 Å². The number of likely N-dealkylation sites (tertiary alicyclic amines) is 1. The Morgan fingerprint density at radius 1 is 1.12 bits per heavy atom. The molecule has 2 fully saturated rings. The summed E-state index contributed by atoms with van der Waals surface area (Å²) in [5, 5.41) is 5.62. The highest BCUT2D eigenvalue weighted by molar-refractivity contribution is 5.89. The van der Waals surface area contributed by atoms with Crippen molar-refractivity contribution >= 4 is 23.4 Å². The van der Waals surface area contributed by atoms with Gasteiger partial charge in [0.2, 0.25) is 5.91 Å². The summed E-state index contributed by atoms with van der Waals surface area (Å²) in [6, 6.07) is 3.61. The third kappa shape index (κ3) is 5.08. The molecule has 0 aromatic carbocycles. The van der Waals surface area contributed by atoms with E-state index in [0.29, 0.717) is 25.2 Å². The lowest BCUT2D eigenvalue weighted by molar-refractivity contribution is -0.127. The van der Waals surface area contributed by atoms with E-state index in [1.165, 1.54) is 19.3 Å². The molecule has 3 amide bonds. The van der Waals surface area contributed by atoms with Crippen molar-refractivity contribution in [2.45, 2.75) is 38.5 Å². The SMILES string of the molecule is O=C(NCCCN1CCCC1=O)Nc1ccc(N2CCCCC2)nc1. The Morgan fingerprint density at radius 2 is 1.96 bits per heavy atom. The van der Waals surface area contributed by atoms with Gasteiger partial charge in [-0.2, -0.15) is 0 Å². The zero-order valence-electron chi connectivity index (χ0n) is 14.7. The highest BCUT2D eigenvalue weighted by Crippen LogP contribution is 2.18. The average molecular weight is 345 g/mol. The topological polar surface area (TPSA) is 77.6 Å². The van der Waals surface area contributed by atoms with Crippen molar-refractivity contribution < 1.29 is 9.59 Å². The second-order valence-corrected chi connectivity index (χ2v) is 6.67. The number of piperidine rings is 1. The number of nitrogens with one attached hydrogen (secondary N) is 2. The van der Waals surface area contributed by atoms with Crippen LogP contribution in [0, 0.1) is 0 Å². The van der Waals surface area contributed by atoms with Gasteiger partial charge in [0.15, 0.2) is 0 Å². The molecule has 1 aromatic rings. The Balaban J connectivity index is 1.36. The molecule has 0 saturated carbocycles. The van der Waals surface area contributed by atoms with Crippen LogP contribution in [-0.2, 0) is 4.79 Å². The second-order valence-electron chi connectivity index (χ2n) is 6.67. The highest BCUT2D eigenvalue weighted by Gasteiger charge is 2.19. The van der Waals surface area contributed by atoms with E-state index in [-0.39, 0.29) is 11.9 Å². The molecule has 136 valence electrons. The molecule has 0 spiro atoms. The molecule has 3 heterocycles. The number of hydrogen-bond acceptors (Lipinski definition) is 4. The van der Waals surface area contributed by atoms with Crippen molar-refractivity contribution in [1.82, 2.24) is 15.2 Å². The van der Waals surface area contributed by atoms with Crippen LogP contribution in [0.1, 0.15) is 38.5 Å². The first-order valence-corrected chi connectivity index (χ1v) is 9.26. The molecule has 2 aliphatic rings. The van der Waals surface area contributed by atoms with Crippen molar-refractivity contribution in [3.05, 3.63) is 18.3 Å². The number of rotatable bonds is 6. The minimum absolute atomic E-state index is 0.226. The third-order valence-corrected chi connectivity index (χ3v) is 4.75. The van der Waals surface area contributed by atoms with E-state index >= 15 is 0 Å². The third-order valence-electron chi connectivity index (χ3n) is 4.75. The molecule has 2 saturated heterocycles. The van der Waals surface area contributed by atoms with E-state index < -0.39 is 0 Å². The highest BCUT2D eigenvalue weighted by atomic mass is 16.2. The van der Waals surface area contributed by atoms with Gasteiger partial charge in [-0.25, -0.2) is 9.78 Å². The van der Waals surface area contributed by atoms with Gasteiger partial charge in [0.1, 0.15) is 5.82 Å². The number of urea groups is 1. The molecule has 0 unspecified atom stereocenters. The zero-order valence-corrected chi connectivity index (χ0v) is 14.7. The summed E-state index contributed by atoms with van der Waals surface area (Å²) in [6.45, 7) is 4.22. The summed E-state index contributed by atoms with van der Waals surface area (Å²) < 4.78 is 0. The van der Waals surface area contributed by atoms with Crippen LogP contribution in [0.2, 0.25) is 0 Å². The van der Waals surface area contributed by atoms with Gasteiger partial charge in [-0.3, -0.25) is 4.79 Å². The summed E-state index contributed by atoms with van der Waals surface area (Å²) in [5.41, 5.74) is 0.688. The number of hydrogen-bond donors (Lipinski definition) is 2. The number of carbonyl (C=O) groups excluding carboxylic acids is 2. The maximum atomic E-state index is 11.9. The van der Waals surface area contributed by atoms with Crippen LogP contribution in [0.4, 0.5) is 16.3 Å². The maximum absolute atomic E-state index is 11.9. The van der Waals surface area contributed by atoms with Gasteiger partial charge in [0.05, 0.1) is 11.9 Å². The number of nitrogens with zero attached hydrogens (tertiary/aromatic N) is 3. The predicted molar refractivity (Wildman–Crippen MR) is 97.8 cm³/mol. The lowest BCUT2D eigenvalue weighted by Crippen LogP contribution is -2.33. The van der Waals surface area contributed by atoms with Crippen LogP contribution in [-0.4, -0.2) is 54.5 Å². The number of anilines is 2. The monoisotopic (exact) mass is 345 g/mol. The Morgan fingerprint density at radius 3 is 2.64 bits per heavy atom. The van der Waals surface area contributed by atoms with Gasteiger partial charge >= 0.3 is 6.03 Å². The molecule has 3 rings (SSSR count). The summed E-state index contributed by atoms with van der Waals surface area (Å²) in [7, 11) is 0.